The van der Waals surface area contributed by atoms with Crippen molar-refractivity contribution in [2.24, 2.45) is 5.92 Å². The second-order valence-corrected chi connectivity index (χ2v) is 10.6. The van der Waals surface area contributed by atoms with Crippen LogP contribution in [0.25, 0.3) is 0 Å². The van der Waals surface area contributed by atoms with Gasteiger partial charge in [0.15, 0.2) is 0 Å². The normalized spacial score (nSPS) is 16.4. The molecule has 1 fully saturated rings. The molecule has 0 aromatic heterocycles. The van der Waals surface area contributed by atoms with E-state index in [0.29, 0.717) is 30.5 Å². The summed E-state index contributed by atoms with van der Waals surface area (Å²) in [5.41, 5.74) is 2.68. The van der Waals surface area contributed by atoms with Crippen LogP contribution in [0, 0.1) is 26.7 Å². The van der Waals surface area contributed by atoms with E-state index in [1.807, 2.05) is 19.1 Å². The Kier molecular flexibility index (Phi) is 7.97. The Labute approximate surface area is 205 Å². The van der Waals surface area contributed by atoms with Crippen LogP contribution in [-0.4, -0.2) is 57.9 Å². The first kappa shape index (κ1) is 26.4. The zero-order valence-corrected chi connectivity index (χ0v) is 21.3. The minimum Gasteiger partial charge on any atom is -0.465 e. The number of benzene rings is 2. The first-order valence-electron chi connectivity index (χ1n) is 11.2. The summed E-state index contributed by atoms with van der Waals surface area (Å²) >= 11 is 0. The number of hydrogen-bond acceptors (Lipinski definition) is 7. The van der Waals surface area contributed by atoms with Crippen LogP contribution in [0.15, 0.2) is 35.2 Å². The van der Waals surface area contributed by atoms with E-state index in [0.717, 1.165) is 5.56 Å². The largest absolute Gasteiger partial charge is 0.465 e. The molecule has 1 amide bonds. The summed E-state index contributed by atoms with van der Waals surface area (Å²) in [5.74, 6) is -2.36. The van der Waals surface area contributed by atoms with Crippen LogP contribution < -0.4 is 5.32 Å². The van der Waals surface area contributed by atoms with Gasteiger partial charge in [-0.05, 0) is 62.9 Å². The lowest BCUT2D eigenvalue weighted by atomic mass is 9.98. The van der Waals surface area contributed by atoms with Crippen molar-refractivity contribution < 1.29 is 32.3 Å². The number of methoxy groups -OCH3 is 2. The Morgan fingerprint density at radius 1 is 0.914 bits per heavy atom. The van der Waals surface area contributed by atoms with Gasteiger partial charge in [0.1, 0.15) is 0 Å². The van der Waals surface area contributed by atoms with Crippen LogP contribution in [0.2, 0.25) is 0 Å². The number of nitrogens with one attached hydrogen (secondary N) is 1. The highest BCUT2D eigenvalue weighted by Gasteiger charge is 2.35. The molecule has 10 heteroatoms. The lowest BCUT2D eigenvalue weighted by molar-refractivity contribution is -0.120. The van der Waals surface area contributed by atoms with E-state index in [1.54, 1.807) is 13.8 Å². The average Bonchev–Trinajstić information content (AvgIpc) is 2.81. The number of nitrogens with zero attached hydrogens (tertiary/aromatic N) is 1. The van der Waals surface area contributed by atoms with Crippen molar-refractivity contribution in [1.82, 2.24) is 4.31 Å². The Balaban J connectivity index is 1.84. The number of sulfonamides is 1. The van der Waals surface area contributed by atoms with Gasteiger partial charge in [0.2, 0.25) is 15.9 Å². The van der Waals surface area contributed by atoms with E-state index in [2.05, 4.69) is 5.32 Å². The zero-order valence-electron chi connectivity index (χ0n) is 20.5. The number of rotatable bonds is 6. The van der Waals surface area contributed by atoms with Crippen molar-refractivity contribution in [1.29, 1.82) is 0 Å². The Hall–Kier alpha value is -3.24. The lowest BCUT2D eigenvalue weighted by Crippen LogP contribution is -2.44. The van der Waals surface area contributed by atoms with Crippen LogP contribution in [0.5, 0.6) is 0 Å². The molecule has 0 unspecified atom stereocenters. The SMILES string of the molecule is COC(=O)c1cc(NC(=O)[C@@H]2CCCN(S(=O)(=O)c3c(C)cc(C)cc3C)C2)cc(C(=O)OC)c1. The summed E-state index contributed by atoms with van der Waals surface area (Å²) in [4.78, 5) is 37.4. The summed E-state index contributed by atoms with van der Waals surface area (Å²) < 4.78 is 37.7. The van der Waals surface area contributed by atoms with Crippen LogP contribution in [0.3, 0.4) is 0 Å². The van der Waals surface area contributed by atoms with Gasteiger partial charge in [-0.3, -0.25) is 4.79 Å². The molecule has 1 atom stereocenters. The van der Waals surface area contributed by atoms with Gasteiger partial charge in [0.05, 0.1) is 36.2 Å². The minimum absolute atomic E-state index is 0.0292. The fourth-order valence-electron chi connectivity index (χ4n) is 4.49. The van der Waals surface area contributed by atoms with E-state index < -0.39 is 33.8 Å². The Bertz CT molecular complexity index is 1210. The van der Waals surface area contributed by atoms with Crippen molar-refractivity contribution in [3.63, 3.8) is 0 Å². The number of carbonyl (C=O) groups is 3. The molecule has 188 valence electrons. The topological polar surface area (TPSA) is 119 Å². The summed E-state index contributed by atoms with van der Waals surface area (Å²) in [5, 5.41) is 2.72. The van der Waals surface area contributed by atoms with Crippen molar-refractivity contribution in [2.45, 2.75) is 38.5 Å². The molecule has 1 aliphatic heterocycles. The van der Waals surface area contributed by atoms with Crippen LogP contribution >= 0.6 is 0 Å². The number of esters is 2. The van der Waals surface area contributed by atoms with E-state index in [1.165, 1.54) is 36.7 Å². The highest BCUT2D eigenvalue weighted by molar-refractivity contribution is 7.89. The van der Waals surface area contributed by atoms with Crippen molar-refractivity contribution in [3.8, 4) is 0 Å². The maximum absolute atomic E-state index is 13.5. The third kappa shape index (κ3) is 5.71. The third-order valence-electron chi connectivity index (χ3n) is 6.00. The van der Waals surface area contributed by atoms with Crippen molar-refractivity contribution >= 4 is 33.6 Å². The molecule has 0 radical (unpaired) electrons. The highest BCUT2D eigenvalue weighted by Crippen LogP contribution is 2.29. The summed E-state index contributed by atoms with van der Waals surface area (Å²) in [6.07, 6.45) is 1.03. The molecule has 1 aliphatic rings. The summed E-state index contributed by atoms with van der Waals surface area (Å²) in [6, 6.07) is 7.77. The predicted molar refractivity (Wildman–Crippen MR) is 130 cm³/mol. The molecular formula is C25H30N2O7S. The van der Waals surface area contributed by atoms with Gasteiger partial charge < -0.3 is 14.8 Å². The van der Waals surface area contributed by atoms with Crippen LogP contribution in [-0.2, 0) is 24.3 Å². The molecule has 2 aromatic rings. The van der Waals surface area contributed by atoms with Gasteiger partial charge in [0, 0.05) is 18.8 Å². The fourth-order valence-corrected chi connectivity index (χ4v) is 6.43. The molecule has 35 heavy (non-hydrogen) atoms. The number of piperidine rings is 1. The van der Waals surface area contributed by atoms with Gasteiger partial charge >= 0.3 is 11.9 Å². The molecule has 0 aliphatic carbocycles. The van der Waals surface area contributed by atoms with Gasteiger partial charge in [-0.1, -0.05) is 17.7 Å². The standard InChI is InChI=1S/C25H30N2O7S/c1-15-9-16(2)22(17(3)10-15)35(31,32)27-8-6-7-18(14-27)23(28)26-21-12-19(24(29)33-4)11-20(13-21)25(30)34-5/h9-13,18H,6-8,14H2,1-5H3,(H,26,28)/t18-/m1/s1. The van der Waals surface area contributed by atoms with Crippen LogP contribution in [0.1, 0.15) is 50.2 Å². The molecule has 9 nitrogen and oxygen atoms in total. The second-order valence-electron chi connectivity index (χ2n) is 8.70. The van der Waals surface area contributed by atoms with E-state index in [-0.39, 0.29) is 28.3 Å². The van der Waals surface area contributed by atoms with E-state index in [4.69, 9.17) is 9.47 Å². The van der Waals surface area contributed by atoms with Gasteiger partial charge in [-0.25, -0.2) is 18.0 Å². The van der Waals surface area contributed by atoms with Gasteiger partial charge in [-0.2, -0.15) is 4.31 Å². The molecule has 1 heterocycles. The first-order chi connectivity index (χ1) is 16.5. The van der Waals surface area contributed by atoms with E-state index in [9.17, 15) is 22.8 Å². The number of anilines is 1. The molecular weight excluding hydrogens is 472 g/mol. The molecule has 0 bridgehead atoms. The molecule has 0 spiro atoms. The molecule has 1 saturated heterocycles. The molecule has 0 saturated carbocycles. The van der Waals surface area contributed by atoms with E-state index >= 15 is 0 Å². The second kappa shape index (κ2) is 10.6. The number of ether oxygens (including phenoxy) is 2. The number of amides is 1. The quantitative estimate of drug-likeness (QED) is 0.603. The van der Waals surface area contributed by atoms with Gasteiger partial charge in [-0.15, -0.1) is 0 Å². The van der Waals surface area contributed by atoms with Crippen molar-refractivity contribution in [3.05, 3.63) is 58.1 Å². The minimum atomic E-state index is -3.79. The van der Waals surface area contributed by atoms with Crippen LogP contribution in [0.4, 0.5) is 5.69 Å². The Morgan fingerprint density at radius 3 is 1.97 bits per heavy atom. The maximum Gasteiger partial charge on any atom is 0.337 e. The first-order valence-corrected chi connectivity index (χ1v) is 12.6. The fraction of sp³-hybridized carbons (Fsp3) is 0.400. The number of aryl methyl sites for hydroxylation is 3. The molecule has 2 aromatic carbocycles. The lowest BCUT2D eigenvalue weighted by Gasteiger charge is -2.32. The molecule has 3 rings (SSSR count). The highest BCUT2D eigenvalue weighted by atomic mass is 32.2. The van der Waals surface area contributed by atoms with Crippen molar-refractivity contribution in [2.75, 3.05) is 32.6 Å². The third-order valence-corrected chi connectivity index (χ3v) is 8.17. The predicted octanol–water partition coefficient (Wildman–Crippen LogP) is 3.22. The number of hydrogen-bond donors (Lipinski definition) is 1. The molecule has 1 N–H and O–H groups in total. The smallest absolute Gasteiger partial charge is 0.337 e. The maximum atomic E-state index is 13.5. The zero-order chi connectivity index (χ0) is 25.9. The Morgan fingerprint density at radius 2 is 1.46 bits per heavy atom. The number of carbonyl (C=O) groups excluding carboxylic acids is 3. The average molecular weight is 503 g/mol. The monoisotopic (exact) mass is 502 g/mol. The summed E-state index contributed by atoms with van der Waals surface area (Å²) in [6.45, 7) is 5.81. The van der Waals surface area contributed by atoms with Gasteiger partial charge in [0.25, 0.3) is 0 Å². The summed E-state index contributed by atoms with van der Waals surface area (Å²) in [7, 11) is -1.37.